The number of carbonyl (C=O) groups excluding carboxylic acids is 1. The number of amides is 1. The Morgan fingerprint density at radius 2 is 2.33 bits per heavy atom. The Hall–Kier alpha value is -2.30. The Labute approximate surface area is 124 Å². The van der Waals surface area contributed by atoms with E-state index in [1.165, 1.54) is 0 Å². The van der Waals surface area contributed by atoms with Crippen LogP contribution in [-0.4, -0.2) is 34.4 Å². The summed E-state index contributed by atoms with van der Waals surface area (Å²) >= 11 is 0. The molecule has 1 N–H and O–H groups in total. The van der Waals surface area contributed by atoms with Crippen molar-refractivity contribution in [2.45, 2.75) is 25.3 Å². The third-order valence-electron chi connectivity index (χ3n) is 3.97. The largest absolute Gasteiger partial charge is 0.496 e. The van der Waals surface area contributed by atoms with Gasteiger partial charge in [0.15, 0.2) is 0 Å². The highest BCUT2D eigenvalue weighted by Gasteiger charge is 2.31. The average molecular weight is 285 g/mol. The molecule has 5 nitrogen and oxygen atoms in total. The zero-order valence-electron chi connectivity index (χ0n) is 12.1. The molecular weight excluding hydrogens is 266 g/mol. The zero-order chi connectivity index (χ0) is 14.7. The normalized spacial score (nSPS) is 18.0. The number of aromatic nitrogens is 2. The fourth-order valence-corrected chi connectivity index (χ4v) is 2.98. The molecule has 3 rings (SSSR count). The van der Waals surface area contributed by atoms with E-state index in [2.05, 4.69) is 9.97 Å². The van der Waals surface area contributed by atoms with E-state index < -0.39 is 0 Å². The molecule has 0 radical (unpaired) electrons. The highest BCUT2D eigenvalue weighted by molar-refractivity contribution is 5.79. The number of imidazole rings is 1. The minimum atomic E-state index is 0.108. The second kappa shape index (κ2) is 5.99. The number of para-hydroxylation sites is 1. The molecule has 0 saturated carbocycles. The Morgan fingerprint density at radius 3 is 3.10 bits per heavy atom. The molecule has 0 bridgehead atoms. The highest BCUT2D eigenvalue weighted by atomic mass is 16.5. The first-order valence-corrected chi connectivity index (χ1v) is 7.19. The summed E-state index contributed by atoms with van der Waals surface area (Å²) in [5, 5.41) is 0. The van der Waals surface area contributed by atoms with E-state index in [1.54, 1.807) is 19.6 Å². The third kappa shape index (κ3) is 2.77. The summed E-state index contributed by atoms with van der Waals surface area (Å²) in [7, 11) is 1.67. The molecule has 2 aromatic rings. The molecule has 1 aliphatic heterocycles. The van der Waals surface area contributed by atoms with Crippen LogP contribution in [0.5, 0.6) is 5.75 Å². The van der Waals surface area contributed by atoms with Crippen molar-refractivity contribution in [3.8, 4) is 5.75 Å². The van der Waals surface area contributed by atoms with Gasteiger partial charge >= 0.3 is 0 Å². The number of ether oxygens (including phenoxy) is 1. The Bertz CT molecular complexity index is 610. The standard InChI is InChI=1S/C16H19N3O2/c1-21-15-7-3-2-5-13(15)14-6-4-8-19(14)16(20)9-12-10-17-11-18-12/h2-3,5,7,10-11,14H,4,6,8-9H2,1H3,(H,17,18)/t14-/m0/s1. The lowest BCUT2D eigenvalue weighted by atomic mass is 10.0. The molecule has 1 saturated heterocycles. The third-order valence-corrected chi connectivity index (χ3v) is 3.97. The predicted octanol–water partition coefficient (Wildman–Crippen LogP) is 2.32. The fourth-order valence-electron chi connectivity index (χ4n) is 2.98. The van der Waals surface area contributed by atoms with Crippen LogP contribution in [0.25, 0.3) is 0 Å². The zero-order valence-corrected chi connectivity index (χ0v) is 12.1. The topological polar surface area (TPSA) is 58.2 Å². The Kier molecular flexibility index (Phi) is 3.90. The minimum absolute atomic E-state index is 0.108. The SMILES string of the molecule is COc1ccccc1[C@@H]1CCCN1C(=O)Cc1cnc[nH]1. The van der Waals surface area contributed by atoms with Crippen molar-refractivity contribution in [3.63, 3.8) is 0 Å². The van der Waals surface area contributed by atoms with Gasteiger partial charge in [-0.15, -0.1) is 0 Å². The van der Waals surface area contributed by atoms with E-state index in [0.717, 1.165) is 36.4 Å². The first kappa shape index (κ1) is 13.7. The number of methoxy groups -OCH3 is 1. The summed E-state index contributed by atoms with van der Waals surface area (Å²) in [5.41, 5.74) is 1.95. The summed E-state index contributed by atoms with van der Waals surface area (Å²) in [6.45, 7) is 0.801. The molecule has 1 aromatic heterocycles. The molecule has 0 aliphatic carbocycles. The van der Waals surface area contributed by atoms with Gasteiger partial charge in [0.25, 0.3) is 0 Å². The number of nitrogens with zero attached hydrogens (tertiary/aromatic N) is 2. The van der Waals surface area contributed by atoms with Crippen molar-refractivity contribution < 1.29 is 9.53 Å². The van der Waals surface area contributed by atoms with Gasteiger partial charge in [-0.25, -0.2) is 4.98 Å². The van der Waals surface area contributed by atoms with Crippen LogP contribution in [0.15, 0.2) is 36.8 Å². The first-order chi connectivity index (χ1) is 10.3. The molecule has 1 atom stereocenters. The van der Waals surface area contributed by atoms with Crippen molar-refractivity contribution in [3.05, 3.63) is 48.0 Å². The van der Waals surface area contributed by atoms with Crippen molar-refractivity contribution in [1.82, 2.24) is 14.9 Å². The van der Waals surface area contributed by atoms with Gasteiger partial charge < -0.3 is 14.6 Å². The van der Waals surface area contributed by atoms with Gasteiger partial charge in [-0.05, 0) is 18.9 Å². The van der Waals surface area contributed by atoms with Crippen LogP contribution in [0, 0.1) is 0 Å². The number of hydrogen-bond donors (Lipinski definition) is 1. The molecule has 1 amide bonds. The molecule has 1 aromatic carbocycles. The maximum Gasteiger partial charge on any atom is 0.229 e. The van der Waals surface area contributed by atoms with Crippen LogP contribution < -0.4 is 4.74 Å². The number of H-pyrrole nitrogens is 1. The molecule has 21 heavy (non-hydrogen) atoms. The maximum atomic E-state index is 12.5. The minimum Gasteiger partial charge on any atom is -0.496 e. The van der Waals surface area contributed by atoms with E-state index in [-0.39, 0.29) is 11.9 Å². The number of benzene rings is 1. The van der Waals surface area contributed by atoms with Gasteiger partial charge in [0.1, 0.15) is 5.75 Å². The van der Waals surface area contributed by atoms with Crippen LogP contribution in [0.2, 0.25) is 0 Å². The lowest BCUT2D eigenvalue weighted by Gasteiger charge is -2.26. The van der Waals surface area contributed by atoms with Crippen LogP contribution in [0.3, 0.4) is 0 Å². The van der Waals surface area contributed by atoms with Gasteiger partial charge in [-0.1, -0.05) is 18.2 Å². The van der Waals surface area contributed by atoms with Gasteiger partial charge in [0, 0.05) is 24.0 Å². The van der Waals surface area contributed by atoms with Crippen molar-refractivity contribution in [1.29, 1.82) is 0 Å². The van der Waals surface area contributed by atoms with Gasteiger partial charge in [0.2, 0.25) is 5.91 Å². The van der Waals surface area contributed by atoms with E-state index >= 15 is 0 Å². The van der Waals surface area contributed by atoms with Crippen molar-refractivity contribution in [2.75, 3.05) is 13.7 Å². The number of aromatic amines is 1. The van der Waals surface area contributed by atoms with Crippen LogP contribution in [0.4, 0.5) is 0 Å². The average Bonchev–Trinajstić information content (AvgIpc) is 3.18. The smallest absolute Gasteiger partial charge is 0.229 e. The van der Waals surface area contributed by atoms with E-state index in [1.807, 2.05) is 29.2 Å². The molecule has 110 valence electrons. The summed E-state index contributed by atoms with van der Waals surface area (Å²) in [6, 6.07) is 8.05. The summed E-state index contributed by atoms with van der Waals surface area (Å²) in [6.07, 6.45) is 5.68. The second-order valence-corrected chi connectivity index (χ2v) is 5.24. The first-order valence-electron chi connectivity index (χ1n) is 7.19. The van der Waals surface area contributed by atoms with Crippen LogP contribution >= 0.6 is 0 Å². The maximum absolute atomic E-state index is 12.5. The molecular formula is C16H19N3O2. The van der Waals surface area contributed by atoms with Gasteiger partial charge in [0.05, 0.1) is 25.9 Å². The van der Waals surface area contributed by atoms with E-state index in [0.29, 0.717) is 6.42 Å². The quantitative estimate of drug-likeness (QED) is 0.938. The van der Waals surface area contributed by atoms with Crippen LogP contribution in [0.1, 0.15) is 30.1 Å². The summed E-state index contributed by atoms with van der Waals surface area (Å²) in [5.74, 6) is 0.983. The molecule has 0 unspecified atom stereocenters. The van der Waals surface area contributed by atoms with Crippen LogP contribution in [-0.2, 0) is 11.2 Å². The van der Waals surface area contributed by atoms with E-state index in [9.17, 15) is 4.79 Å². The highest BCUT2D eigenvalue weighted by Crippen LogP contribution is 2.37. The summed E-state index contributed by atoms with van der Waals surface area (Å²) in [4.78, 5) is 21.4. The molecule has 1 fully saturated rings. The number of rotatable bonds is 4. The molecule has 5 heteroatoms. The summed E-state index contributed by atoms with van der Waals surface area (Å²) < 4.78 is 5.44. The number of hydrogen-bond acceptors (Lipinski definition) is 3. The number of likely N-dealkylation sites (tertiary alicyclic amines) is 1. The predicted molar refractivity (Wildman–Crippen MR) is 79.0 cm³/mol. The van der Waals surface area contributed by atoms with Gasteiger partial charge in [-0.2, -0.15) is 0 Å². The number of carbonyl (C=O) groups is 1. The number of nitrogens with one attached hydrogen (secondary N) is 1. The van der Waals surface area contributed by atoms with Crippen molar-refractivity contribution >= 4 is 5.91 Å². The lowest BCUT2D eigenvalue weighted by molar-refractivity contribution is -0.131. The lowest BCUT2D eigenvalue weighted by Crippen LogP contribution is -2.32. The monoisotopic (exact) mass is 285 g/mol. The molecule has 2 heterocycles. The Balaban J connectivity index is 1.80. The van der Waals surface area contributed by atoms with Gasteiger partial charge in [-0.3, -0.25) is 4.79 Å². The molecule has 0 spiro atoms. The molecule has 1 aliphatic rings. The van der Waals surface area contributed by atoms with E-state index in [4.69, 9.17) is 4.74 Å². The Morgan fingerprint density at radius 1 is 1.48 bits per heavy atom. The fraction of sp³-hybridized carbons (Fsp3) is 0.375. The van der Waals surface area contributed by atoms with Crippen molar-refractivity contribution in [2.24, 2.45) is 0 Å². The second-order valence-electron chi connectivity index (χ2n) is 5.24.